The van der Waals surface area contributed by atoms with Crippen LogP contribution in [0.2, 0.25) is 0 Å². The summed E-state index contributed by atoms with van der Waals surface area (Å²) >= 11 is 5.98. The second-order valence-electron chi connectivity index (χ2n) is 5.26. The SMILES string of the molecule is CCC(C)CC(C)n1c(CCl)nc2ccc(F)cc21. The van der Waals surface area contributed by atoms with E-state index < -0.39 is 0 Å². The molecule has 104 valence electrons. The first-order valence-corrected chi connectivity index (χ1v) is 7.32. The standard InChI is InChI=1S/C15H20ClFN2/c1-4-10(2)7-11(3)19-14-8-12(17)5-6-13(14)18-15(19)9-16/h5-6,8,10-11H,4,7,9H2,1-3H3. The summed E-state index contributed by atoms with van der Waals surface area (Å²) in [5.74, 6) is 1.56. The van der Waals surface area contributed by atoms with Crippen LogP contribution in [0.3, 0.4) is 0 Å². The summed E-state index contributed by atoms with van der Waals surface area (Å²) in [4.78, 5) is 4.49. The third kappa shape index (κ3) is 2.92. The van der Waals surface area contributed by atoms with E-state index in [0.717, 1.165) is 29.7 Å². The minimum atomic E-state index is -0.231. The molecular formula is C15H20ClFN2. The number of aromatic nitrogens is 2. The lowest BCUT2D eigenvalue weighted by atomic mass is 10.00. The van der Waals surface area contributed by atoms with Crippen LogP contribution >= 0.6 is 11.6 Å². The molecule has 0 amide bonds. The normalized spacial score (nSPS) is 14.8. The van der Waals surface area contributed by atoms with Gasteiger partial charge in [-0.2, -0.15) is 0 Å². The molecule has 2 nitrogen and oxygen atoms in total. The Balaban J connectivity index is 2.47. The molecular weight excluding hydrogens is 263 g/mol. The summed E-state index contributed by atoms with van der Waals surface area (Å²) in [5.41, 5.74) is 1.65. The van der Waals surface area contributed by atoms with Crippen molar-refractivity contribution in [1.82, 2.24) is 9.55 Å². The first-order chi connectivity index (χ1) is 9.06. The smallest absolute Gasteiger partial charge is 0.125 e. The van der Waals surface area contributed by atoms with Gasteiger partial charge >= 0.3 is 0 Å². The van der Waals surface area contributed by atoms with Crippen molar-refractivity contribution in [1.29, 1.82) is 0 Å². The average molecular weight is 283 g/mol. The molecule has 2 rings (SSSR count). The van der Waals surface area contributed by atoms with E-state index in [1.54, 1.807) is 12.1 Å². The number of alkyl halides is 1. The van der Waals surface area contributed by atoms with Gasteiger partial charge in [-0.25, -0.2) is 9.37 Å². The number of halogens is 2. The van der Waals surface area contributed by atoms with Crippen LogP contribution in [0.25, 0.3) is 11.0 Å². The summed E-state index contributed by atoms with van der Waals surface area (Å²) < 4.78 is 15.5. The van der Waals surface area contributed by atoms with Crippen LogP contribution < -0.4 is 0 Å². The highest BCUT2D eigenvalue weighted by molar-refractivity contribution is 6.16. The topological polar surface area (TPSA) is 17.8 Å². The molecule has 0 radical (unpaired) electrons. The van der Waals surface area contributed by atoms with Gasteiger partial charge in [0.1, 0.15) is 11.6 Å². The molecule has 1 heterocycles. The van der Waals surface area contributed by atoms with Crippen LogP contribution in [0.4, 0.5) is 4.39 Å². The zero-order valence-corrected chi connectivity index (χ0v) is 12.4. The van der Waals surface area contributed by atoms with Gasteiger partial charge in [0.15, 0.2) is 0 Å². The fourth-order valence-electron chi connectivity index (χ4n) is 2.56. The average Bonchev–Trinajstić information content (AvgIpc) is 2.76. The monoisotopic (exact) mass is 282 g/mol. The fraction of sp³-hybridized carbons (Fsp3) is 0.533. The molecule has 2 aromatic rings. The highest BCUT2D eigenvalue weighted by atomic mass is 35.5. The van der Waals surface area contributed by atoms with Gasteiger partial charge in [0, 0.05) is 6.04 Å². The number of hydrogen-bond donors (Lipinski definition) is 0. The molecule has 0 bridgehead atoms. The summed E-state index contributed by atoms with van der Waals surface area (Å²) in [5, 5.41) is 0. The number of benzene rings is 1. The molecule has 0 saturated heterocycles. The lowest BCUT2D eigenvalue weighted by Crippen LogP contribution is -2.11. The lowest BCUT2D eigenvalue weighted by Gasteiger charge is -2.20. The van der Waals surface area contributed by atoms with Gasteiger partial charge in [-0.3, -0.25) is 0 Å². The molecule has 0 spiro atoms. The Labute approximate surface area is 118 Å². The highest BCUT2D eigenvalue weighted by Gasteiger charge is 2.17. The lowest BCUT2D eigenvalue weighted by molar-refractivity contribution is 0.399. The van der Waals surface area contributed by atoms with E-state index in [-0.39, 0.29) is 11.9 Å². The Morgan fingerprint density at radius 3 is 2.74 bits per heavy atom. The highest BCUT2D eigenvalue weighted by Crippen LogP contribution is 2.27. The first kappa shape index (κ1) is 14.3. The van der Waals surface area contributed by atoms with Crippen molar-refractivity contribution in [3.05, 3.63) is 29.8 Å². The Kier molecular flexibility index (Phi) is 4.46. The van der Waals surface area contributed by atoms with Gasteiger partial charge in [-0.05, 0) is 37.5 Å². The molecule has 0 aliphatic rings. The van der Waals surface area contributed by atoms with E-state index in [1.165, 1.54) is 6.07 Å². The maximum atomic E-state index is 13.4. The van der Waals surface area contributed by atoms with E-state index in [0.29, 0.717) is 11.8 Å². The number of hydrogen-bond acceptors (Lipinski definition) is 1. The molecule has 1 aromatic carbocycles. The summed E-state index contributed by atoms with van der Waals surface area (Å²) in [6, 6.07) is 4.98. The van der Waals surface area contributed by atoms with Crippen LogP contribution in [0.5, 0.6) is 0 Å². The minimum Gasteiger partial charge on any atom is -0.324 e. The Bertz CT molecular complexity index is 565. The molecule has 1 aromatic heterocycles. The van der Waals surface area contributed by atoms with Crippen molar-refractivity contribution in [2.45, 2.75) is 45.5 Å². The van der Waals surface area contributed by atoms with Crippen molar-refractivity contribution < 1.29 is 4.39 Å². The number of nitrogens with zero attached hydrogens (tertiary/aromatic N) is 2. The molecule has 4 heteroatoms. The van der Waals surface area contributed by atoms with Gasteiger partial charge in [0.05, 0.1) is 16.9 Å². The number of fused-ring (bicyclic) bond motifs is 1. The summed E-state index contributed by atoms with van der Waals surface area (Å²) in [6.07, 6.45) is 2.18. The van der Waals surface area contributed by atoms with Gasteiger partial charge in [-0.1, -0.05) is 20.3 Å². The second kappa shape index (κ2) is 5.91. The molecule has 0 saturated carbocycles. The van der Waals surface area contributed by atoms with Gasteiger partial charge in [-0.15, -0.1) is 11.6 Å². The molecule has 2 unspecified atom stereocenters. The minimum absolute atomic E-state index is 0.231. The van der Waals surface area contributed by atoms with Crippen LogP contribution in [0.1, 0.15) is 45.5 Å². The van der Waals surface area contributed by atoms with Gasteiger partial charge in [0.25, 0.3) is 0 Å². The van der Waals surface area contributed by atoms with Crippen LogP contribution in [0.15, 0.2) is 18.2 Å². The van der Waals surface area contributed by atoms with Crippen molar-refractivity contribution in [3.8, 4) is 0 Å². The first-order valence-electron chi connectivity index (χ1n) is 6.79. The molecule has 0 aliphatic carbocycles. The summed E-state index contributed by atoms with van der Waals surface area (Å²) in [7, 11) is 0. The van der Waals surface area contributed by atoms with Gasteiger partial charge < -0.3 is 4.57 Å². The quantitative estimate of drug-likeness (QED) is 0.712. The Morgan fingerprint density at radius 1 is 1.37 bits per heavy atom. The van der Waals surface area contributed by atoms with Gasteiger partial charge in [0.2, 0.25) is 0 Å². The van der Waals surface area contributed by atoms with Crippen LogP contribution in [-0.2, 0) is 5.88 Å². The van der Waals surface area contributed by atoms with Crippen LogP contribution in [0, 0.1) is 11.7 Å². The Morgan fingerprint density at radius 2 is 2.11 bits per heavy atom. The second-order valence-corrected chi connectivity index (χ2v) is 5.53. The third-order valence-electron chi connectivity index (χ3n) is 3.73. The van der Waals surface area contributed by atoms with Crippen molar-refractivity contribution in [2.24, 2.45) is 5.92 Å². The van der Waals surface area contributed by atoms with E-state index in [1.807, 2.05) is 0 Å². The van der Waals surface area contributed by atoms with Crippen molar-refractivity contribution in [3.63, 3.8) is 0 Å². The van der Waals surface area contributed by atoms with Crippen molar-refractivity contribution in [2.75, 3.05) is 0 Å². The Hall–Kier alpha value is -1.09. The molecule has 19 heavy (non-hydrogen) atoms. The zero-order chi connectivity index (χ0) is 14.0. The predicted octanol–water partition coefficient (Wildman–Crippen LogP) is 4.91. The molecule has 0 aliphatic heterocycles. The fourth-order valence-corrected chi connectivity index (χ4v) is 2.75. The maximum absolute atomic E-state index is 13.4. The molecule has 0 fully saturated rings. The van der Waals surface area contributed by atoms with E-state index in [4.69, 9.17) is 11.6 Å². The number of rotatable bonds is 5. The van der Waals surface area contributed by atoms with E-state index in [9.17, 15) is 4.39 Å². The predicted molar refractivity (Wildman–Crippen MR) is 78.0 cm³/mol. The zero-order valence-electron chi connectivity index (χ0n) is 11.7. The van der Waals surface area contributed by atoms with E-state index in [2.05, 4.69) is 30.3 Å². The number of imidazole rings is 1. The maximum Gasteiger partial charge on any atom is 0.125 e. The molecule has 2 atom stereocenters. The molecule has 0 N–H and O–H groups in total. The van der Waals surface area contributed by atoms with E-state index >= 15 is 0 Å². The van der Waals surface area contributed by atoms with Crippen molar-refractivity contribution >= 4 is 22.6 Å². The largest absolute Gasteiger partial charge is 0.324 e. The summed E-state index contributed by atoms with van der Waals surface area (Å²) in [6.45, 7) is 6.57. The third-order valence-corrected chi connectivity index (χ3v) is 3.96. The van der Waals surface area contributed by atoms with Crippen LogP contribution in [-0.4, -0.2) is 9.55 Å².